The number of hydrogen-bond donors (Lipinski definition) is 2. The van der Waals surface area contributed by atoms with E-state index in [2.05, 4.69) is 10.6 Å². The van der Waals surface area contributed by atoms with Crippen LogP contribution in [0.25, 0.3) is 0 Å². The van der Waals surface area contributed by atoms with Crippen LogP contribution in [-0.2, 0) is 0 Å². The Morgan fingerprint density at radius 1 is 0.955 bits per heavy atom. The van der Waals surface area contributed by atoms with E-state index in [9.17, 15) is 13.6 Å². The van der Waals surface area contributed by atoms with Crippen molar-refractivity contribution in [2.24, 2.45) is 0 Å². The quantitative estimate of drug-likeness (QED) is 0.845. The molecule has 0 aliphatic rings. The lowest BCUT2D eigenvalue weighted by Crippen LogP contribution is -2.38. The summed E-state index contributed by atoms with van der Waals surface area (Å²) in [6.45, 7) is -0.278. The average molecular weight is 304 g/mol. The van der Waals surface area contributed by atoms with E-state index in [1.807, 2.05) is 30.3 Å². The molecule has 0 radical (unpaired) electrons. The topological polar surface area (TPSA) is 41.1 Å². The van der Waals surface area contributed by atoms with Crippen LogP contribution in [0.2, 0.25) is 0 Å². The minimum atomic E-state index is -0.604. The SMILES string of the molecule is O=C(NCCF)NCC(c1ccccc1)c1ccc(F)cc1. The fourth-order valence-electron chi connectivity index (χ4n) is 2.23. The fourth-order valence-corrected chi connectivity index (χ4v) is 2.23. The maximum absolute atomic E-state index is 13.1. The molecule has 0 saturated heterocycles. The van der Waals surface area contributed by atoms with E-state index >= 15 is 0 Å². The van der Waals surface area contributed by atoms with Crippen LogP contribution in [-0.4, -0.2) is 25.8 Å². The molecule has 2 rings (SSSR count). The summed E-state index contributed by atoms with van der Waals surface area (Å²) in [6.07, 6.45) is 0. The first kappa shape index (κ1) is 15.9. The number of urea groups is 1. The van der Waals surface area contributed by atoms with E-state index < -0.39 is 12.7 Å². The van der Waals surface area contributed by atoms with E-state index in [0.29, 0.717) is 6.54 Å². The first-order chi connectivity index (χ1) is 10.7. The van der Waals surface area contributed by atoms with Gasteiger partial charge >= 0.3 is 6.03 Å². The van der Waals surface area contributed by atoms with Crippen molar-refractivity contribution in [3.05, 3.63) is 71.5 Å². The third-order valence-electron chi connectivity index (χ3n) is 3.32. The second kappa shape index (κ2) is 8.12. The molecule has 1 unspecified atom stereocenters. The van der Waals surface area contributed by atoms with Gasteiger partial charge in [-0.1, -0.05) is 42.5 Å². The van der Waals surface area contributed by atoms with E-state index in [1.165, 1.54) is 12.1 Å². The molecule has 2 aromatic carbocycles. The summed E-state index contributed by atoms with van der Waals surface area (Å²) in [5.74, 6) is -0.401. The van der Waals surface area contributed by atoms with Gasteiger partial charge in [-0.05, 0) is 23.3 Å². The number of carbonyl (C=O) groups is 1. The van der Waals surface area contributed by atoms with Gasteiger partial charge in [0.1, 0.15) is 12.5 Å². The lowest BCUT2D eigenvalue weighted by atomic mass is 9.91. The Bertz CT molecular complexity index is 587. The molecule has 116 valence electrons. The van der Waals surface area contributed by atoms with E-state index in [4.69, 9.17) is 0 Å². The summed E-state index contributed by atoms with van der Waals surface area (Å²) >= 11 is 0. The number of halogens is 2. The molecule has 1 atom stereocenters. The lowest BCUT2D eigenvalue weighted by molar-refractivity contribution is 0.239. The summed E-state index contributed by atoms with van der Waals surface area (Å²) in [4.78, 5) is 11.6. The molecule has 0 aliphatic carbocycles. The highest BCUT2D eigenvalue weighted by Gasteiger charge is 2.15. The van der Waals surface area contributed by atoms with Crippen LogP contribution < -0.4 is 10.6 Å². The third-order valence-corrected chi connectivity index (χ3v) is 3.32. The van der Waals surface area contributed by atoms with Crippen LogP contribution in [0.3, 0.4) is 0 Å². The normalized spacial score (nSPS) is 11.7. The van der Waals surface area contributed by atoms with Crippen molar-refractivity contribution in [1.82, 2.24) is 10.6 Å². The maximum atomic E-state index is 13.1. The Hall–Kier alpha value is -2.43. The molecule has 3 nitrogen and oxygen atoms in total. The molecule has 0 aromatic heterocycles. The number of nitrogens with one attached hydrogen (secondary N) is 2. The average Bonchev–Trinajstić information content (AvgIpc) is 2.55. The molecule has 0 fully saturated rings. The zero-order valence-corrected chi connectivity index (χ0v) is 12.1. The number of carbonyl (C=O) groups excluding carboxylic acids is 1. The van der Waals surface area contributed by atoms with Crippen LogP contribution in [0.4, 0.5) is 13.6 Å². The van der Waals surface area contributed by atoms with Gasteiger partial charge in [-0.3, -0.25) is 0 Å². The summed E-state index contributed by atoms with van der Waals surface area (Å²) in [5.41, 5.74) is 1.92. The monoisotopic (exact) mass is 304 g/mol. The van der Waals surface area contributed by atoms with Crippen LogP contribution in [0.1, 0.15) is 17.0 Å². The molecular formula is C17H18F2N2O. The van der Waals surface area contributed by atoms with Crippen LogP contribution >= 0.6 is 0 Å². The van der Waals surface area contributed by atoms with Crippen molar-refractivity contribution >= 4 is 6.03 Å². The molecule has 5 heteroatoms. The van der Waals surface area contributed by atoms with Gasteiger partial charge < -0.3 is 10.6 Å². The zero-order chi connectivity index (χ0) is 15.8. The minimum Gasteiger partial charge on any atom is -0.337 e. The molecule has 2 aromatic rings. The van der Waals surface area contributed by atoms with Gasteiger partial charge in [-0.15, -0.1) is 0 Å². The van der Waals surface area contributed by atoms with Crippen LogP contribution in [0.15, 0.2) is 54.6 Å². The summed E-state index contributed by atoms with van der Waals surface area (Å²) in [6, 6.07) is 15.4. The number of amides is 2. The number of benzene rings is 2. The predicted octanol–water partition coefficient (Wildman–Crippen LogP) is 3.23. The molecule has 2 N–H and O–H groups in total. The van der Waals surface area contributed by atoms with Gasteiger partial charge in [0.15, 0.2) is 0 Å². The molecule has 0 aliphatic heterocycles. The highest BCUT2D eigenvalue weighted by molar-refractivity contribution is 5.73. The van der Waals surface area contributed by atoms with Crippen LogP contribution in [0, 0.1) is 5.82 Å². The molecule has 0 spiro atoms. The number of rotatable bonds is 6. The Labute approximate surface area is 128 Å². The second-order valence-corrected chi connectivity index (χ2v) is 4.84. The lowest BCUT2D eigenvalue weighted by Gasteiger charge is -2.19. The summed E-state index contributed by atoms with van der Waals surface area (Å²) in [5, 5.41) is 5.13. The maximum Gasteiger partial charge on any atom is 0.314 e. The Morgan fingerprint density at radius 2 is 1.59 bits per heavy atom. The smallest absolute Gasteiger partial charge is 0.314 e. The first-order valence-corrected chi connectivity index (χ1v) is 7.09. The summed E-state index contributed by atoms with van der Waals surface area (Å²) < 4.78 is 25.1. The largest absolute Gasteiger partial charge is 0.337 e. The summed E-state index contributed by atoms with van der Waals surface area (Å²) in [7, 11) is 0. The van der Waals surface area contributed by atoms with Crippen molar-refractivity contribution in [2.75, 3.05) is 19.8 Å². The van der Waals surface area contributed by atoms with Crippen LogP contribution in [0.5, 0.6) is 0 Å². The minimum absolute atomic E-state index is 0.0155. The van der Waals surface area contributed by atoms with Crippen molar-refractivity contribution in [3.8, 4) is 0 Å². The van der Waals surface area contributed by atoms with Gasteiger partial charge in [0.25, 0.3) is 0 Å². The third kappa shape index (κ3) is 4.55. The standard InChI is InChI=1S/C17H18F2N2O/c18-10-11-20-17(22)21-12-16(13-4-2-1-3-5-13)14-6-8-15(19)9-7-14/h1-9,16H,10-12H2,(H2,20,21,22). The van der Waals surface area contributed by atoms with Gasteiger partial charge in [0.2, 0.25) is 0 Å². The highest BCUT2D eigenvalue weighted by atomic mass is 19.1. The molecule has 0 saturated carbocycles. The fraction of sp³-hybridized carbons (Fsp3) is 0.235. The Morgan fingerprint density at radius 3 is 2.23 bits per heavy atom. The number of hydrogen-bond acceptors (Lipinski definition) is 1. The van der Waals surface area contributed by atoms with E-state index in [-0.39, 0.29) is 18.3 Å². The highest BCUT2D eigenvalue weighted by Crippen LogP contribution is 2.24. The van der Waals surface area contributed by atoms with Crippen molar-refractivity contribution in [1.29, 1.82) is 0 Å². The van der Waals surface area contributed by atoms with Gasteiger partial charge in [0.05, 0.1) is 0 Å². The zero-order valence-electron chi connectivity index (χ0n) is 12.1. The molecule has 0 heterocycles. The van der Waals surface area contributed by atoms with Gasteiger partial charge in [-0.25, -0.2) is 13.6 Å². The molecule has 0 bridgehead atoms. The second-order valence-electron chi connectivity index (χ2n) is 4.84. The molecular weight excluding hydrogens is 286 g/mol. The first-order valence-electron chi connectivity index (χ1n) is 7.09. The molecule has 22 heavy (non-hydrogen) atoms. The van der Waals surface area contributed by atoms with Crippen molar-refractivity contribution < 1.29 is 13.6 Å². The Kier molecular flexibility index (Phi) is 5.89. The van der Waals surface area contributed by atoms with Crippen molar-refractivity contribution in [3.63, 3.8) is 0 Å². The Balaban J connectivity index is 2.12. The van der Waals surface area contributed by atoms with Crippen molar-refractivity contribution in [2.45, 2.75) is 5.92 Å². The number of alkyl halides is 1. The van der Waals surface area contributed by atoms with E-state index in [0.717, 1.165) is 11.1 Å². The molecule has 2 amide bonds. The predicted molar refractivity (Wildman–Crippen MR) is 82.1 cm³/mol. The van der Waals surface area contributed by atoms with Gasteiger partial charge in [0, 0.05) is 19.0 Å². The van der Waals surface area contributed by atoms with Gasteiger partial charge in [-0.2, -0.15) is 0 Å². The van der Waals surface area contributed by atoms with E-state index in [1.54, 1.807) is 12.1 Å².